The molecule has 2 heterocycles. The summed E-state index contributed by atoms with van der Waals surface area (Å²) in [7, 11) is 1.62. The van der Waals surface area contributed by atoms with Gasteiger partial charge in [-0.3, -0.25) is 9.59 Å². The average Bonchev–Trinajstić information content (AvgIpc) is 3.25. The molecule has 0 aliphatic carbocycles. The van der Waals surface area contributed by atoms with E-state index in [0.717, 1.165) is 11.3 Å². The highest BCUT2D eigenvalue weighted by Gasteiger charge is 2.28. The lowest BCUT2D eigenvalue weighted by Crippen LogP contribution is -2.42. The minimum Gasteiger partial charge on any atom is -0.496 e. The maximum absolute atomic E-state index is 12.8. The maximum atomic E-state index is 12.8. The topological polar surface area (TPSA) is 77.1 Å². The fourth-order valence-electron chi connectivity index (χ4n) is 3.73. The number of carbonyl (C=O) groups is 2. The summed E-state index contributed by atoms with van der Waals surface area (Å²) in [6, 6.07) is 12.9. The number of benzene rings is 2. The minimum absolute atomic E-state index is 0.0195. The second-order valence-electron chi connectivity index (χ2n) is 7.16. The molecule has 2 aromatic rings. The predicted molar refractivity (Wildman–Crippen MR) is 106 cm³/mol. The molecule has 152 valence electrons. The van der Waals surface area contributed by atoms with Crippen LogP contribution in [0.25, 0.3) is 0 Å². The molecule has 0 bridgehead atoms. The molecule has 1 saturated heterocycles. The van der Waals surface area contributed by atoms with Gasteiger partial charge in [0.25, 0.3) is 5.91 Å². The van der Waals surface area contributed by atoms with E-state index in [4.69, 9.17) is 14.2 Å². The number of hydrogen-bond acceptors (Lipinski definition) is 5. The van der Waals surface area contributed by atoms with Crippen LogP contribution in [0.1, 0.15) is 28.8 Å². The standard InChI is InChI=1S/C22H24N2O5/c1-27-18-5-3-2-4-17(18)13-23-21(25)15-8-10-24(11-9-15)22(26)16-6-7-19-20(12-16)29-14-28-19/h2-7,12,15H,8-11,13-14H2,1H3,(H,23,25). The Morgan fingerprint density at radius 3 is 2.66 bits per heavy atom. The molecule has 2 aliphatic heterocycles. The highest BCUT2D eigenvalue weighted by Crippen LogP contribution is 2.33. The molecule has 1 fully saturated rings. The van der Waals surface area contributed by atoms with Crippen molar-refractivity contribution in [3.8, 4) is 17.2 Å². The van der Waals surface area contributed by atoms with Gasteiger partial charge in [0.2, 0.25) is 12.7 Å². The van der Waals surface area contributed by atoms with Crippen molar-refractivity contribution in [2.24, 2.45) is 5.92 Å². The molecule has 7 heteroatoms. The van der Waals surface area contributed by atoms with Crippen molar-refractivity contribution in [3.63, 3.8) is 0 Å². The summed E-state index contributed by atoms with van der Waals surface area (Å²) >= 11 is 0. The van der Waals surface area contributed by atoms with Gasteiger partial charge in [-0.25, -0.2) is 0 Å². The zero-order valence-electron chi connectivity index (χ0n) is 16.3. The summed E-state index contributed by atoms with van der Waals surface area (Å²) in [5.74, 6) is 1.90. The van der Waals surface area contributed by atoms with Gasteiger partial charge >= 0.3 is 0 Å². The summed E-state index contributed by atoms with van der Waals surface area (Å²) < 4.78 is 16.0. The van der Waals surface area contributed by atoms with E-state index in [-0.39, 0.29) is 24.5 Å². The molecule has 0 radical (unpaired) electrons. The van der Waals surface area contributed by atoms with Crippen LogP contribution in [-0.2, 0) is 11.3 Å². The molecular weight excluding hydrogens is 372 g/mol. The Bertz CT molecular complexity index is 906. The lowest BCUT2D eigenvalue weighted by atomic mass is 9.95. The lowest BCUT2D eigenvalue weighted by Gasteiger charge is -2.31. The third-order valence-electron chi connectivity index (χ3n) is 5.42. The fourth-order valence-corrected chi connectivity index (χ4v) is 3.73. The summed E-state index contributed by atoms with van der Waals surface area (Å²) in [6.45, 7) is 1.72. The number of fused-ring (bicyclic) bond motifs is 1. The molecule has 2 amide bonds. The smallest absolute Gasteiger partial charge is 0.253 e. The maximum Gasteiger partial charge on any atom is 0.253 e. The first kappa shape index (κ1) is 19.1. The second kappa shape index (κ2) is 8.43. The van der Waals surface area contributed by atoms with Crippen LogP contribution < -0.4 is 19.5 Å². The Kier molecular flexibility index (Phi) is 5.55. The van der Waals surface area contributed by atoms with Crippen LogP contribution >= 0.6 is 0 Å². The van der Waals surface area contributed by atoms with Crippen LogP contribution in [-0.4, -0.2) is 43.7 Å². The zero-order chi connectivity index (χ0) is 20.2. The van der Waals surface area contributed by atoms with E-state index < -0.39 is 0 Å². The van der Waals surface area contributed by atoms with E-state index in [0.29, 0.717) is 49.5 Å². The molecule has 7 nitrogen and oxygen atoms in total. The highest BCUT2D eigenvalue weighted by molar-refractivity contribution is 5.95. The molecule has 0 unspecified atom stereocenters. The molecule has 1 N–H and O–H groups in total. The first-order chi connectivity index (χ1) is 14.2. The van der Waals surface area contributed by atoms with Crippen molar-refractivity contribution in [3.05, 3.63) is 53.6 Å². The molecule has 0 saturated carbocycles. The van der Waals surface area contributed by atoms with Gasteiger partial charge in [0.05, 0.1) is 7.11 Å². The van der Waals surface area contributed by atoms with Crippen LogP contribution in [0.15, 0.2) is 42.5 Å². The number of nitrogens with one attached hydrogen (secondary N) is 1. The molecule has 2 aliphatic rings. The van der Waals surface area contributed by atoms with E-state index in [1.54, 1.807) is 30.2 Å². The van der Waals surface area contributed by atoms with Crippen molar-refractivity contribution in [2.75, 3.05) is 27.0 Å². The Morgan fingerprint density at radius 1 is 1.10 bits per heavy atom. The van der Waals surface area contributed by atoms with Crippen LogP contribution in [0.3, 0.4) is 0 Å². The Balaban J connectivity index is 1.29. The number of para-hydroxylation sites is 1. The first-order valence-electron chi connectivity index (χ1n) is 9.74. The number of ether oxygens (including phenoxy) is 3. The SMILES string of the molecule is COc1ccccc1CNC(=O)C1CCN(C(=O)c2ccc3c(c2)OCO3)CC1. The van der Waals surface area contributed by atoms with E-state index in [1.807, 2.05) is 24.3 Å². The van der Waals surface area contributed by atoms with Crippen molar-refractivity contribution < 1.29 is 23.8 Å². The van der Waals surface area contributed by atoms with Gasteiger partial charge in [-0.2, -0.15) is 0 Å². The van der Waals surface area contributed by atoms with Crippen molar-refractivity contribution in [1.29, 1.82) is 0 Å². The molecule has 0 aromatic heterocycles. The predicted octanol–water partition coefficient (Wildman–Crippen LogP) is 2.59. The Hall–Kier alpha value is -3.22. The Labute approximate surface area is 169 Å². The summed E-state index contributed by atoms with van der Waals surface area (Å²) in [6.07, 6.45) is 1.29. The number of piperidine rings is 1. The summed E-state index contributed by atoms with van der Waals surface area (Å²) in [5, 5.41) is 2.99. The monoisotopic (exact) mass is 396 g/mol. The number of rotatable bonds is 5. The Morgan fingerprint density at radius 2 is 1.86 bits per heavy atom. The van der Waals surface area contributed by atoms with E-state index in [2.05, 4.69) is 5.32 Å². The number of amides is 2. The molecule has 0 spiro atoms. The highest BCUT2D eigenvalue weighted by atomic mass is 16.7. The van der Waals surface area contributed by atoms with E-state index in [1.165, 1.54) is 0 Å². The largest absolute Gasteiger partial charge is 0.496 e. The number of methoxy groups -OCH3 is 1. The number of hydrogen-bond donors (Lipinski definition) is 1. The van der Waals surface area contributed by atoms with Crippen LogP contribution in [0.2, 0.25) is 0 Å². The first-order valence-corrected chi connectivity index (χ1v) is 9.74. The summed E-state index contributed by atoms with van der Waals surface area (Å²) in [4.78, 5) is 27.1. The number of nitrogens with zero attached hydrogens (tertiary/aromatic N) is 1. The van der Waals surface area contributed by atoms with Gasteiger partial charge < -0.3 is 24.4 Å². The molecule has 4 rings (SSSR count). The van der Waals surface area contributed by atoms with Crippen LogP contribution in [0.5, 0.6) is 17.2 Å². The molecule has 0 atom stereocenters. The molecule has 29 heavy (non-hydrogen) atoms. The van der Waals surface area contributed by atoms with Gasteiger partial charge in [-0.05, 0) is 37.1 Å². The van der Waals surface area contributed by atoms with Gasteiger partial charge in [-0.15, -0.1) is 0 Å². The fraction of sp³-hybridized carbons (Fsp3) is 0.364. The number of likely N-dealkylation sites (tertiary alicyclic amines) is 1. The van der Waals surface area contributed by atoms with Crippen molar-refractivity contribution >= 4 is 11.8 Å². The second-order valence-corrected chi connectivity index (χ2v) is 7.16. The van der Waals surface area contributed by atoms with Gasteiger partial charge in [-0.1, -0.05) is 18.2 Å². The van der Waals surface area contributed by atoms with Gasteiger partial charge in [0, 0.05) is 36.7 Å². The molecular formula is C22H24N2O5. The zero-order valence-corrected chi connectivity index (χ0v) is 16.3. The third kappa shape index (κ3) is 4.13. The van der Waals surface area contributed by atoms with Crippen molar-refractivity contribution in [1.82, 2.24) is 10.2 Å². The van der Waals surface area contributed by atoms with Crippen LogP contribution in [0, 0.1) is 5.92 Å². The van der Waals surface area contributed by atoms with Gasteiger partial charge in [0.1, 0.15) is 5.75 Å². The quantitative estimate of drug-likeness (QED) is 0.841. The normalized spacial score (nSPS) is 15.8. The minimum atomic E-state index is -0.0921. The third-order valence-corrected chi connectivity index (χ3v) is 5.42. The van der Waals surface area contributed by atoms with E-state index >= 15 is 0 Å². The van der Waals surface area contributed by atoms with Crippen molar-refractivity contribution in [2.45, 2.75) is 19.4 Å². The molecule has 2 aromatic carbocycles. The number of carbonyl (C=O) groups excluding carboxylic acids is 2. The van der Waals surface area contributed by atoms with Gasteiger partial charge in [0.15, 0.2) is 11.5 Å². The lowest BCUT2D eigenvalue weighted by molar-refractivity contribution is -0.126. The summed E-state index contributed by atoms with van der Waals surface area (Å²) in [5.41, 5.74) is 1.52. The average molecular weight is 396 g/mol. The van der Waals surface area contributed by atoms with Crippen LogP contribution in [0.4, 0.5) is 0 Å². The van der Waals surface area contributed by atoms with E-state index in [9.17, 15) is 9.59 Å².